The lowest BCUT2D eigenvalue weighted by Crippen LogP contribution is -2.21. The number of fused-ring (bicyclic) bond motifs is 1. The first kappa shape index (κ1) is 13.9. The van der Waals surface area contributed by atoms with Gasteiger partial charge in [0.2, 0.25) is 5.89 Å². The second-order valence-corrected chi connectivity index (χ2v) is 6.17. The smallest absolute Gasteiger partial charge is 0.263 e. The van der Waals surface area contributed by atoms with E-state index < -0.39 is 0 Å². The Labute approximate surface area is 122 Å². The lowest BCUT2D eigenvalue weighted by atomic mass is 9.97. The van der Waals surface area contributed by atoms with E-state index in [2.05, 4.69) is 15.5 Å². The van der Waals surface area contributed by atoms with Crippen LogP contribution in [0.15, 0.2) is 22.7 Å². The Morgan fingerprint density at radius 3 is 2.86 bits per heavy atom. The second kappa shape index (κ2) is 5.02. The third-order valence-electron chi connectivity index (χ3n) is 3.40. The Morgan fingerprint density at radius 2 is 2.14 bits per heavy atom. The molecule has 1 atom stereocenters. The minimum absolute atomic E-state index is 0.0881. The number of anilines is 1. The van der Waals surface area contributed by atoms with Crippen molar-refractivity contribution in [1.29, 1.82) is 0 Å². The summed E-state index contributed by atoms with van der Waals surface area (Å²) in [7, 11) is 0. The molecule has 0 spiro atoms. The molecule has 0 unspecified atom stereocenters. The molecule has 1 aliphatic heterocycles. The quantitative estimate of drug-likeness (QED) is 0.918. The van der Waals surface area contributed by atoms with Crippen LogP contribution in [0.5, 0.6) is 5.75 Å². The van der Waals surface area contributed by atoms with Gasteiger partial charge in [-0.05, 0) is 11.2 Å². The summed E-state index contributed by atoms with van der Waals surface area (Å²) in [5.74, 6) is 0.946. The zero-order valence-electron chi connectivity index (χ0n) is 12.3. The highest BCUT2D eigenvalue weighted by Gasteiger charge is 2.27. The monoisotopic (exact) mass is 291 g/mol. The zero-order chi connectivity index (χ0) is 15.0. The Balaban J connectivity index is 1.84. The first-order valence-corrected chi connectivity index (χ1v) is 6.97. The minimum atomic E-state index is -0.345. The Hall–Kier alpha value is -2.11. The summed E-state index contributed by atoms with van der Waals surface area (Å²) in [4.78, 5) is 4.35. The number of hydrogen-bond acceptors (Lipinski definition) is 5. The summed E-state index contributed by atoms with van der Waals surface area (Å²) in [6.07, 6.45) is 0.718. The van der Waals surface area contributed by atoms with E-state index >= 15 is 0 Å². The standard InChI is InChI=1S/C15H18FN3O2/c1-15(2,3)13-18-14(19-21-13)17-11-7-8-20-12-9(11)5-4-6-10(12)16/h4-6,11H,7-8H2,1-3H3,(H,17,19)/t11-/m0/s1. The van der Waals surface area contributed by atoms with Gasteiger partial charge in [0, 0.05) is 17.4 Å². The number of nitrogens with zero attached hydrogens (tertiary/aromatic N) is 2. The van der Waals surface area contributed by atoms with Gasteiger partial charge in [0.15, 0.2) is 11.6 Å². The van der Waals surface area contributed by atoms with Gasteiger partial charge in [-0.15, -0.1) is 0 Å². The fourth-order valence-corrected chi connectivity index (χ4v) is 2.28. The van der Waals surface area contributed by atoms with Crippen molar-refractivity contribution in [2.24, 2.45) is 0 Å². The van der Waals surface area contributed by atoms with E-state index in [9.17, 15) is 4.39 Å². The number of benzene rings is 1. The zero-order valence-corrected chi connectivity index (χ0v) is 12.3. The highest BCUT2D eigenvalue weighted by Crippen LogP contribution is 2.35. The van der Waals surface area contributed by atoms with Crippen LogP contribution in [0.3, 0.4) is 0 Å². The molecular formula is C15H18FN3O2. The molecule has 1 N–H and O–H groups in total. The number of hydrogen-bond donors (Lipinski definition) is 1. The molecule has 0 saturated carbocycles. The van der Waals surface area contributed by atoms with Crippen molar-refractivity contribution in [3.05, 3.63) is 35.5 Å². The Kier molecular flexibility index (Phi) is 3.31. The third kappa shape index (κ3) is 2.70. The predicted octanol–water partition coefficient (Wildman–Crippen LogP) is 3.44. The van der Waals surface area contributed by atoms with Crippen LogP contribution in [0, 0.1) is 5.82 Å². The maximum absolute atomic E-state index is 13.7. The molecule has 1 aromatic carbocycles. The SMILES string of the molecule is CC(C)(C)c1nc(N[C@H]2CCOc3c(F)cccc32)no1. The second-order valence-electron chi connectivity index (χ2n) is 6.17. The van der Waals surface area contributed by atoms with Crippen LogP contribution in [0.4, 0.5) is 10.3 Å². The predicted molar refractivity (Wildman–Crippen MR) is 75.9 cm³/mol. The Bertz CT molecular complexity index is 649. The lowest BCUT2D eigenvalue weighted by Gasteiger charge is -2.26. The molecule has 1 aliphatic rings. The summed E-state index contributed by atoms with van der Waals surface area (Å²) in [6.45, 7) is 6.46. The number of nitrogens with one attached hydrogen (secondary N) is 1. The first-order chi connectivity index (χ1) is 9.95. The van der Waals surface area contributed by atoms with Crippen LogP contribution in [-0.2, 0) is 5.41 Å². The molecule has 6 heteroatoms. The fourth-order valence-electron chi connectivity index (χ4n) is 2.28. The number of halogens is 1. The van der Waals surface area contributed by atoms with E-state index in [0.717, 1.165) is 12.0 Å². The summed E-state index contributed by atoms with van der Waals surface area (Å²) < 4.78 is 24.4. The topological polar surface area (TPSA) is 60.2 Å². The molecule has 0 fully saturated rings. The van der Waals surface area contributed by atoms with Crippen molar-refractivity contribution in [3.8, 4) is 5.75 Å². The van der Waals surface area contributed by atoms with Crippen molar-refractivity contribution < 1.29 is 13.7 Å². The molecule has 5 nitrogen and oxygen atoms in total. The van der Waals surface area contributed by atoms with Gasteiger partial charge < -0.3 is 14.6 Å². The minimum Gasteiger partial charge on any atom is -0.490 e. The third-order valence-corrected chi connectivity index (χ3v) is 3.40. The molecule has 0 saturated heterocycles. The first-order valence-electron chi connectivity index (χ1n) is 6.97. The van der Waals surface area contributed by atoms with Crippen LogP contribution < -0.4 is 10.1 Å². The molecule has 2 heterocycles. The van der Waals surface area contributed by atoms with Gasteiger partial charge in [0.05, 0.1) is 12.6 Å². The van der Waals surface area contributed by atoms with Crippen molar-refractivity contribution in [2.75, 3.05) is 11.9 Å². The molecule has 0 bridgehead atoms. The lowest BCUT2D eigenvalue weighted by molar-refractivity contribution is 0.260. The van der Waals surface area contributed by atoms with Crippen LogP contribution in [0.2, 0.25) is 0 Å². The molecular weight excluding hydrogens is 273 g/mol. The van der Waals surface area contributed by atoms with Gasteiger partial charge >= 0.3 is 0 Å². The number of ether oxygens (including phenoxy) is 1. The number of para-hydroxylation sites is 1. The van der Waals surface area contributed by atoms with Crippen molar-refractivity contribution in [1.82, 2.24) is 10.1 Å². The Morgan fingerprint density at radius 1 is 1.33 bits per heavy atom. The van der Waals surface area contributed by atoms with Crippen LogP contribution in [0.1, 0.15) is 44.7 Å². The van der Waals surface area contributed by atoms with Gasteiger partial charge in [-0.3, -0.25) is 0 Å². The molecule has 1 aromatic heterocycles. The van der Waals surface area contributed by atoms with Crippen LogP contribution >= 0.6 is 0 Å². The van der Waals surface area contributed by atoms with E-state index in [4.69, 9.17) is 9.26 Å². The fraction of sp³-hybridized carbons (Fsp3) is 0.467. The van der Waals surface area contributed by atoms with Gasteiger partial charge in [-0.25, -0.2) is 4.39 Å². The molecule has 2 aromatic rings. The van der Waals surface area contributed by atoms with Crippen molar-refractivity contribution >= 4 is 5.95 Å². The van der Waals surface area contributed by atoms with E-state index in [-0.39, 0.29) is 17.3 Å². The van der Waals surface area contributed by atoms with Crippen LogP contribution in [0.25, 0.3) is 0 Å². The van der Waals surface area contributed by atoms with E-state index in [1.54, 1.807) is 6.07 Å². The van der Waals surface area contributed by atoms with E-state index in [1.165, 1.54) is 6.07 Å². The highest BCUT2D eigenvalue weighted by atomic mass is 19.1. The largest absolute Gasteiger partial charge is 0.490 e. The molecule has 0 aliphatic carbocycles. The highest BCUT2D eigenvalue weighted by molar-refractivity contribution is 5.42. The average Bonchev–Trinajstić information content (AvgIpc) is 2.89. The molecule has 112 valence electrons. The molecule has 21 heavy (non-hydrogen) atoms. The van der Waals surface area contributed by atoms with Gasteiger partial charge in [0.1, 0.15) is 0 Å². The summed E-state index contributed by atoms with van der Waals surface area (Å²) in [5, 5.41) is 7.13. The van der Waals surface area contributed by atoms with Crippen LogP contribution in [-0.4, -0.2) is 16.7 Å². The van der Waals surface area contributed by atoms with Crippen molar-refractivity contribution in [2.45, 2.75) is 38.6 Å². The van der Waals surface area contributed by atoms with E-state index in [0.29, 0.717) is 24.2 Å². The molecule has 0 radical (unpaired) electrons. The summed E-state index contributed by atoms with van der Waals surface area (Å²) in [6, 6.07) is 4.83. The maximum Gasteiger partial charge on any atom is 0.263 e. The summed E-state index contributed by atoms with van der Waals surface area (Å²) in [5.41, 5.74) is 0.579. The van der Waals surface area contributed by atoms with Gasteiger partial charge in [0.25, 0.3) is 5.95 Å². The summed E-state index contributed by atoms with van der Waals surface area (Å²) >= 11 is 0. The maximum atomic E-state index is 13.7. The number of aromatic nitrogens is 2. The van der Waals surface area contributed by atoms with Gasteiger partial charge in [-0.1, -0.05) is 32.9 Å². The van der Waals surface area contributed by atoms with Crippen molar-refractivity contribution in [3.63, 3.8) is 0 Å². The molecule has 0 amide bonds. The number of rotatable bonds is 2. The van der Waals surface area contributed by atoms with E-state index in [1.807, 2.05) is 26.8 Å². The van der Waals surface area contributed by atoms with Gasteiger partial charge in [-0.2, -0.15) is 4.98 Å². The average molecular weight is 291 g/mol. The normalized spacial score (nSPS) is 18.0. The molecule has 3 rings (SSSR count).